The number of hydrogen-bond acceptors (Lipinski definition) is 6. The number of ether oxygens (including phenoxy) is 2. The fourth-order valence-electron chi connectivity index (χ4n) is 3.34. The number of imidazole rings is 1. The number of nitrogens with zero attached hydrogens (tertiary/aromatic N) is 4. The van der Waals surface area contributed by atoms with Crippen molar-refractivity contribution < 1.29 is 9.47 Å². The summed E-state index contributed by atoms with van der Waals surface area (Å²) < 4.78 is 12.5. The molecule has 0 atom stereocenters. The number of nitrogens with one attached hydrogen (secondary N) is 1. The van der Waals surface area contributed by atoms with Gasteiger partial charge in [-0.25, -0.2) is 14.6 Å². The molecule has 2 heterocycles. The van der Waals surface area contributed by atoms with Crippen LogP contribution in [0.25, 0.3) is 11.2 Å². The second kappa shape index (κ2) is 9.45. The van der Waals surface area contributed by atoms with Gasteiger partial charge in [0, 0.05) is 20.0 Å². The van der Waals surface area contributed by atoms with E-state index in [1.54, 1.807) is 20.5 Å². The average Bonchev–Trinajstić information content (AvgIpc) is 3.15. The van der Waals surface area contributed by atoms with E-state index in [0.29, 0.717) is 34.9 Å². The van der Waals surface area contributed by atoms with E-state index in [2.05, 4.69) is 26.9 Å². The van der Waals surface area contributed by atoms with Crippen LogP contribution in [-0.4, -0.2) is 47.4 Å². The fraction of sp³-hybridized carbons (Fsp3) is 0.476. The van der Waals surface area contributed by atoms with Crippen molar-refractivity contribution in [2.45, 2.75) is 39.0 Å². The standard InChI is InChI=1S/C21H29N5O3/c1-5-6-7-8-11-25(2)26-14-22-19-20(26)23-18(24-21(19)27)13-15-9-10-16(28-3)17(12-15)29-4/h9-10,12,14H,5-8,11,13H2,1-4H3,(H,23,24,27). The minimum absolute atomic E-state index is 0.233. The molecule has 3 rings (SSSR count). The lowest BCUT2D eigenvalue weighted by Crippen LogP contribution is -2.31. The molecule has 3 aromatic rings. The summed E-state index contributed by atoms with van der Waals surface area (Å²) in [7, 11) is 5.19. The summed E-state index contributed by atoms with van der Waals surface area (Å²) >= 11 is 0. The SMILES string of the molecule is CCCCCCN(C)n1cnc2c(=O)[nH]c(Cc3ccc(OC)c(OC)c3)nc21. The number of aromatic amines is 1. The molecule has 0 bridgehead atoms. The summed E-state index contributed by atoms with van der Waals surface area (Å²) in [5, 5.41) is 2.05. The Hall–Kier alpha value is -3.03. The van der Waals surface area contributed by atoms with Crippen LogP contribution in [0.1, 0.15) is 44.0 Å². The van der Waals surface area contributed by atoms with Crippen molar-refractivity contribution in [1.82, 2.24) is 19.6 Å². The van der Waals surface area contributed by atoms with Crippen LogP contribution >= 0.6 is 0 Å². The molecule has 156 valence electrons. The van der Waals surface area contributed by atoms with Crippen LogP contribution in [0.5, 0.6) is 11.5 Å². The number of rotatable bonds is 10. The Labute approximate surface area is 170 Å². The van der Waals surface area contributed by atoms with E-state index in [4.69, 9.17) is 9.47 Å². The van der Waals surface area contributed by atoms with Gasteiger partial charge in [-0.2, -0.15) is 0 Å². The molecule has 0 saturated carbocycles. The third kappa shape index (κ3) is 4.70. The highest BCUT2D eigenvalue weighted by atomic mass is 16.5. The van der Waals surface area contributed by atoms with Crippen LogP contribution in [0.3, 0.4) is 0 Å². The van der Waals surface area contributed by atoms with Crippen molar-refractivity contribution in [2.24, 2.45) is 0 Å². The first kappa shape index (κ1) is 20.7. The smallest absolute Gasteiger partial charge is 0.279 e. The predicted molar refractivity (Wildman–Crippen MR) is 114 cm³/mol. The van der Waals surface area contributed by atoms with Gasteiger partial charge in [0.25, 0.3) is 5.56 Å². The molecular formula is C21H29N5O3. The van der Waals surface area contributed by atoms with Crippen molar-refractivity contribution in [3.05, 3.63) is 46.3 Å². The Bertz CT molecular complexity index is 1010. The third-order valence-electron chi connectivity index (χ3n) is 4.96. The summed E-state index contributed by atoms with van der Waals surface area (Å²) in [6.07, 6.45) is 6.83. The zero-order chi connectivity index (χ0) is 20.8. The van der Waals surface area contributed by atoms with E-state index in [1.165, 1.54) is 19.3 Å². The van der Waals surface area contributed by atoms with Crippen molar-refractivity contribution in [3.8, 4) is 11.5 Å². The van der Waals surface area contributed by atoms with Crippen LogP contribution in [-0.2, 0) is 6.42 Å². The molecule has 0 aliphatic rings. The maximum absolute atomic E-state index is 12.5. The van der Waals surface area contributed by atoms with Gasteiger partial charge in [-0.1, -0.05) is 32.3 Å². The van der Waals surface area contributed by atoms with Gasteiger partial charge in [-0.05, 0) is 24.1 Å². The number of methoxy groups -OCH3 is 2. The maximum atomic E-state index is 12.5. The summed E-state index contributed by atoms with van der Waals surface area (Å²) in [5.74, 6) is 1.89. The minimum Gasteiger partial charge on any atom is -0.493 e. The number of hydrogen-bond donors (Lipinski definition) is 1. The monoisotopic (exact) mass is 399 g/mol. The quantitative estimate of drug-likeness (QED) is 0.528. The summed E-state index contributed by atoms with van der Waals surface area (Å²) in [6.45, 7) is 3.08. The second-order valence-corrected chi connectivity index (χ2v) is 7.08. The van der Waals surface area contributed by atoms with E-state index in [-0.39, 0.29) is 5.56 Å². The molecule has 0 spiro atoms. The Morgan fingerprint density at radius 1 is 1.14 bits per heavy atom. The molecule has 0 fully saturated rings. The predicted octanol–water partition coefficient (Wildman–Crippen LogP) is 2.88. The van der Waals surface area contributed by atoms with E-state index in [1.807, 2.05) is 29.9 Å². The van der Waals surface area contributed by atoms with Gasteiger partial charge in [0.05, 0.1) is 14.2 Å². The van der Waals surface area contributed by atoms with Gasteiger partial charge in [-0.15, -0.1) is 0 Å². The zero-order valence-electron chi connectivity index (χ0n) is 17.6. The molecule has 0 unspecified atom stereocenters. The topological polar surface area (TPSA) is 85.3 Å². The molecule has 0 radical (unpaired) electrons. The van der Waals surface area contributed by atoms with Crippen molar-refractivity contribution in [3.63, 3.8) is 0 Å². The summed E-state index contributed by atoms with van der Waals surface area (Å²) in [6, 6.07) is 5.67. The van der Waals surface area contributed by atoms with Crippen LogP contribution in [0, 0.1) is 0 Å². The molecule has 29 heavy (non-hydrogen) atoms. The largest absolute Gasteiger partial charge is 0.493 e. The molecule has 8 nitrogen and oxygen atoms in total. The first-order valence-corrected chi connectivity index (χ1v) is 9.96. The zero-order valence-corrected chi connectivity index (χ0v) is 17.6. The molecule has 8 heteroatoms. The van der Waals surface area contributed by atoms with Crippen molar-refractivity contribution in [2.75, 3.05) is 32.8 Å². The first-order chi connectivity index (χ1) is 14.1. The Morgan fingerprint density at radius 2 is 1.93 bits per heavy atom. The lowest BCUT2D eigenvalue weighted by Gasteiger charge is -2.20. The Kier molecular flexibility index (Phi) is 6.74. The maximum Gasteiger partial charge on any atom is 0.279 e. The number of H-pyrrole nitrogens is 1. The van der Waals surface area contributed by atoms with Crippen molar-refractivity contribution >= 4 is 11.2 Å². The molecule has 0 aliphatic heterocycles. The van der Waals surface area contributed by atoms with Gasteiger partial charge < -0.3 is 19.5 Å². The first-order valence-electron chi connectivity index (χ1n) is 9.96. The van der Waals surface area contributed by atoms with Crippen LogP contribution in [0.15, 0.2) is 29.3 Å². The van der Waals surface area contributed by atoms with Crippen molar-refractivity contribution in [1.29, 1.82) is 0 Å². The normalized spacial score (nSPS) is 11.0. The van der Waals surface area contributed by atoms with Crippen LogP contribution < -0.4 is 20.0 Å². The van der Waals surface area contributed by atoms with Crippen LogP contribution in [0.4, 0.5) is 0 Å². The van der Waals surface area contributed by atoms with Gasteiger partial charge >= 0.3 is 0 Å². The molecule has 1 aromatic carbocycles. The molecule has 0 aliphatic carbocycles. The average molecular weight is 399 g/mol. The molecule has 1 N–H and O–H groups in total. The molecule has 0 amide bonds. The summed E-state index contributed by atoms with van der Waals surface area (Å²) in [4.78, 5) is 24.3. The lowest BCUT2D eigenvalue weighted by molar-refractivity contribution is 0.354. The summed E-state index contributed by atoms with van der Waals surface area (Å²) in [5.41, 5.74) is 1.65. The van der Waals surface area contributed by atoms with E-state index in [0.717, 1.165) is 18.5 Å². The van der Waals surface area contributed by atoms with Gasteiger partial charge in [0.2, 0.25) is 0 Å². The lowest BCUT2D eigenvalue weighted by atomic mass is 10.1. The molecule has 0 saturated heterocycles. The van der Waals surface area contributed by atoms with Gasteiger partial charge in [0.1, 0.15) is 12.2 Å². The number of benzene rings is 1. The van der Waals surface area contributed by atoms with E-state index < -0.39 is 0 Å². The Balaban J connectivity index is 1.85. The number of fused-ring (bicyclic) bond motifs is 1. The van der Waals surface area contributed by atoms with Crippen LogP contribution in [0.2, 0.25) is 0 Å². The van der Waals surface area contributed by atoms with E-state index in [9.17, 15) is 4.79 Å². The van der Waals surface area contributed by atoms with Gasteiger partial charge in [-0.3, -0.25) is 4.79 Å². The molecule has 2 aromatic heterocycles. The Morgan fingerprint density at radius 3 is 2.66 bits per heavy atom. The molecular weight excluding hydrogens is 370 g/mol. The van der Waals surface area contributed by atoms with E-state index >= 15 is 0 Å². The van der Waals surface area contributed by atoms with Gasteiger partial charge in [0.15, 0.2) is 22.7 Å². The third-order valence-corrected chi connectivity index (χ3v) is 4.96. The highest BCUT2D eigenvalue weighted by Crippen LogP contribution is 2.28. The number of aromatic nitrogens is 4. The number of unbranched alkanes of at least 4 members (excludes halogenated alkanes) is 3. The fourth-order valence-corrected chi connectivity index (χ4v) is 3.34. The second-order valence-electron chi connectivity index (χ2n) is 7.08. The highest BCUT2D eigenvalue weighted by molar-refractivity contribution is 5.69. The highest BCUT2D eigenvalue weighted by Gasteiger charge is 2.14. The minimum atomic E-state index is -0.233.